The molecule has 5 aromatic rings. The molecule has 0 unspecified atom stereocenters. The molecule has 0 fully saturated rings. The first-order valence-electron chi connectivity index (χ1n) is 9.50. The summed E-state index contributed by atoms with van der Waals surface area (Å²) in [5.74, 6) is 3.39. The third kappa shape index (κ3) is 1.99. The molecule has 2 aliphatic rings. The third-order valence-electron chi connectivity index (χ3n) is 5.88. The van der Waals surface area contributed by atoms with E-state index in [1.54, 1.807) is 0 Å². The molecule has 4 aromatic carbocycles. The summed E-state index contributed by atoms with van der Waals surface area (Å²) in [7, 11) is 0. The van der Waals surface area contributed by atoms with Crippen LogP contribution in [0.2, 0.25) is 5.02 Å². The first-order chi connectivity index (χ1) is 14.3. The van der Waals surface area contributed by atoms with Gasteiger partial charge in [-0.05, 0) is 47.3 Å². The van der Waals surface area contributed by atoms with Gasteiger partial charge >= 0.3 is 0 Å². The van der Waals surface area contributed by atoms with E-state index in [4.69, 9.17) is 25.5 Å². The van der Waals surface area contributed by atoms with Crippen molar-refractivity contribution in [3.8, 4) is 23.0 Å². The highest BCUT2D eigenvalue weighted by atomic mass is 35.5. The fourth-order valence-corrected chi connectivity index (χ4v) is 4.85. The van der Waals surface area contributed by atoms with Gasteiger partial charge < -0.3 is 13.9 Å². The van der Waals surface area contributed by atoms with E-state index in [0.29, 0.717) is 10.6 Å². The van der Waals surface area contributed by atoms with E-state index in [1.165, 1.54) is 0 Å². The van der Waals surface area contributed by atoms with Crippen LogP contribution in [0.15, 0.2) is 77.2 Å². The minimum Gasteiger partial charge on any atom is -0.458 e. The van der Waals surface area contributed by atoms with Gasteiger partial charge in [-0.15, -0.1) is 0 Å². The first kappa shape index (κ1) is 15.5. The van der Waals surface area contributed by atoms with E-state index in [0.717, 1.165) is 55.7 Å². The fourth-order valence-electron chi connectivity index (χ4n) is 4.63. The van der Waals surface area contributed by atoms with Crippen molar-refractivity contribution in [3.05, 3.63) is 77.8 Å². The molecule has 0 N–H and O–H groups in total. The minimum atomic E-state index is 0.0305. The lowest BCUT2D eigenvalue weighted by Gasteiger charge is -2.32. The first-order valence-corrected chi connectivity index (χ1v) is 9.88. The van der Waals surface area contributed by atoms with Gasteiger partial charge in [-0.25, -0.2) is 0 Å². The molecular formula is C24H12BClO3. The summed E-state index contributed by atoms with van der Waals surface area (Å²) in [6.07, 6.45) is 0. The van der Waals surface area contributed by atoms with E-state index < -0.39 is 0 Å². The normalized spacial score (nSPS) is 13.5. The molecule has 3 nitrogen and oxygen atoms in total. The van der Waals surface area contributed by atoms with Crippen LogP contribution in [0, 0.1) is 0 Å². The second kappa shape index (κ2) is 5.37. The number of benzene rings is 4. The maximum Gasteiger partial charge on any atom is 0.260 e. The lowest BCUT2D eigenvalue weighted by molar-refractivity contribution is 0.465. The van der Waals surface area contributed by atoms with Crippen molar-refractivity contribution in [2.24, 2.45) is 0 Å². The fraction of sp³-hybridized carbons (Fsp3) is 0. The van der Waals surface area contributed by atoms with Gasteiger partial charge in [0.25, 0.3) is 6.71 Å². The van der Waals surface area contributed by atoms with Crippen molar-refractivity contribution >= 4 is 56.6 Å². The Balaban J connectivity index is 1.58. The molecular weight excluding hydrogens is 383 g/mol. The quantitative estimate of drug-likeness (QED) is 0.340. The monoisotopic (exact) mass is 394 g/mol. The molecule has 0 spiro atoms. The highest BCUT2D eigenvalue weighted by Gasteiger charge is 2.40. The molecule has 0 aliphatic carbocycles. The molecule has 0 saturated carbocycles. The molecule has 3 heterocycles. The second-order valence-electron chi connectivity index (χ2n) is 7.45. The highest BCUT2D eigenvalue weighted by Crippen LogP contribution is 2.38. The number of halogens is 1. The van der Waals surface area contributed by atoms with Gasteiger partial charge in [-0.3, -0.25) is 0 Å². The van der Waals surface area contributed by atoms with Crippen LogP contribution in [0.4, 0.5) is 0 Å². The average Bonchev–Trinajstić information content (AvgIpc) is 3.11. The highest BCUT2D eigenvalue weighted by molar-refractivity contribution is 6.98. The van der Waals surface area contributed by atoms with Crippen LogP contribution in [0.5, 0.6) is 23.0 Å². The Kier molecular flexibility index (Phi) is 2.88. The summed E-state index contributed by atoms with van der Waals surface area (Å²) in [5, 5.41) is 2.60. The maximum absolute atomic E-state index is 6.37. The Hall–Kier alpha value is -3.37. The van der Waals surface area contributed by atoms with Gasteiger partial charge in [-0.2, -0.15) is 0 Å². The third-order valence-corrected chi connectivity index (χ3v) is 6.17. The van der Waals surface area contributed by atoms with E-state index in [-0.39, 0.29) is 6.71 Å². The van der Waals surface area contributed by atoms with Gasteiger partial charge in [0.2, 0.25) is 0 Å². The van der Waals surface area contributed by atoms with E-state index >= 15 is 0 Å². The number of hydrogen-bond acceptors (Lipinski definition) is 3. The predicted octanol–water partition coefficient (Wildman–Crippen LogP) is 4.97. The summed E-state index contributed by atoms with van der Waals surface area (Å²) in [6, 6.07) is 24.1. The van der Waals surface area contributed by atoms with Gasteiger partial charge in [0, 0.05) is 16.2 Å². The van der Waals surface area contributed by atoms with Crippen LogP contribution in [-0.2, 0) is 0 Å². The zero-order valence-corrected chi connectivity index (χ0v) is 15.9. The topological polar surface area (TPSA) is 31.6 Å². The second-order valence-corrected chi connectivity index (χ2v) is 7.85. The Morgan fingerprint density at radius 2 is 1.41 bits per heavy atom. The number of rotatable bonds is 0. The Bertz CT molecular complexity index is 1490. The van der Waals surface area contributed by atoms with Crippen LogP contribution in [0.3, 0.4) is 0 Å². The van der Waals surface area contributed by atoms with Crippen molar-refractivity contribution < 1.29 is 13.9 Å². The van der Waals surface area contributed by atoms with Crippen molar-refractivity contribution in [1.29, 1.82) is 0 Å². The van der Waals surface area contributed by atoms with E-state index in [2.05, 4.69) is 18.2 Å². The summed E-state index contributed by atoms with van der Waals surface area (Å²) in [6.45, 7) is 0.0305. The van der Waals surface area contributed by atoms with Gasteiger partial charge in [0.1, 0.15) is 28.6 Å². The largest absolute Gasteiger partial charge is 0.458 e. The molecule has 0 saturated heterocycles. The molecule has 0 atom stereocenters. The molecule has 0 amide bonds. The number of hydrogen-bond donors (Lipinski definition) is 0. The Labute approximate surface area is 171 Å². The summed E-state index contributed by atoms with van der Waals surface area (Å²) in [5.41, 5.74) is 4.78. The summed E-state index contributed by atoms with van der Waals surface area (Å²) < 4.78 is 18.7. The van der Waals surface area contributed by atoms with Crippen LogP contribution in [0.1, 0.15) is 0 Å². The van der Waals surface area contributed by atoms with Crippen molar-refractivity contribution in [1.82, 2.24) is 0 Å². The minimum absolute atomic E-state index is 0.0305. The van der Waals surface area contributed by atoms with E-state index in [1.807, 2.05) is 54.6 Å². The Morgan fingerprint density at radius 1 is 0.655 bits per heavy atom. The van der Waals surface area contributed by atoms with Crippen LogP contribution in [0.25, 0.3) is 21.9 Å². The number of furan rings is 1. The van der Waals surface area contributed by atoms with Crippen molar-refractivity contribution in [2.75, 3.05) is 0 Å². The standard InChI is InChI=1S/C24H12BClO3/c26-17-7-3-5-13-14-11-22-16(12-21(14)29-24(13)17)25-15-6-1-2-8-18(15)27-19-9-4-10-20(28-22)23(19)25/h1-12H. The van der Waals surface area contributed by atoms with Crippen molar-refractivity contribution in [3.63, 3.8) is 0 Å². The summed E-state index contributed by atoms with van der Waals surface area (Å²) >= 11 is 6.37. The predicted molar refractivity (Wildman–Crippen MR) is 116 cm³/mol. The average molecular weight is 395 g/mol. The number of fused-ring (bicyclic) bond motifs is 7. The van der Waals surface area contributed by atoms with E-state index in [9.17, 15) is 0 Å². The van der Waals surface area contributed by atoms with Crippen molar-refractivity contribution in [2.45, 2.75) is 0 Å². The maximum atomic E-state index is 6.37. The molecule has 2 aliphatic heterocycles. The zero-order chi connectivity index (χ0) is 19.1. The number of ether oxygens (including phenoxy) is 2. The van der Waals surface area contributed by atoms with Crippen LogP contribution >= 0.6 is 11.6 Å². The summed E-state index contributed by atoms with van der Waals surface area (Å²) in [4.78, 5) is 0. The molecule has 7 rings (SSSR count). The van der Waals surface area contributed by atoms with Gasteiger partial charge in [-0.1, -0.05) is 48.0 Å². The SMILES string of the molecule is Clc1cccc2c1oc1cc3c(cc12)Oc1cccc2c1B3c1ccccc1O2. The number of para-hydroxylation sites is 2. The molecule has 5 heteroatoms. The van der Waals surface area contributed by atoms with Crippen LogP contribution in [-0.4, -0.2) is 6.71 Å². The Morgan fingerprint density at radius 3 is 2.31 bits per heavy atom. The molecule has 1 aromatic heterocycles. The van der Waals surface area contributed by atoms with Gasteiger partial charge in [0.15, 0.2) is 5.58 Å². The molecule has 136 valence electrons. The molecule has 29 heavy (non-hydrogen) atoms. The zero-order valence-electron chi connectivity index (χ0n) is 15.1. The van der Waals surface area contributed by atoms with Crippen LogP contribution < -0.4 is 25.9 Å². The molecule has 0 radical (unpaired) electrons. The lowest BCUT2D eigenvalue weighted by Crippen LogP contribution is -2.57. The lowest BCUT2D eigenvalue weighted by atomic mass is 9.35. The smallest absolute Gasteiger partial charge is 0.260 e. The van der Waals surface area contributed by atoms with Gasteiger partial charge in [0.05, 0.1) is 5.02 Å². The molecule has 0 bridgehead atoms.